The fourth-order valence-corrected chi connectivity index (χ4v) is 1.03. The molecule has 0 spiro atoms. The van der Waals surface area contributed by atoms with Gasteiger partial charge in [-0.25, -0.2) is 4.98 Å². The van der Waals surface area contributed by atoms with Gasteiger partial charge in [0.15, 0.2) is 5.82 Å². The molecule has 0 bridgehead atoms. The van der Waals surface area contributed by atoms with Crippen LogP contribution in [0.1, 0.15) is 11.4 Å². The molecule has 0 aliphatic heterocycles. The first-order valence-corrected chi connectivity index (χ1v) is 3.98. The molecule has 2 aromatic heterocycles. The predicted molar refractivity (Wildman–Crippen MR) is 45.4 cm³/mol. The van der Waals surface area contributed by atoms with Gasteiger partial charge in [-0.3, -0.25) is 4.98 Å². The Kier molecular flexibility index (Phi) is 2.15. The maximum Gasteiger partial charge on any atom is 0.175 e. The number of hydrogen-bond donors (Lipinski definition) is 1. The molecule has 7 heteroatoms. The summed E-state index contributed by atoms with van der Waals surface area (Å²) in [6, 6.07) is 0. The summed E-state index contributed by atoms with van der Waals surface area (Å²) in [5.41, 5.74) is 1.22. The van der Waals surface area contributed by atoms with Crippen molar-refractivity contribution < 1.29 is 5.11 Å². The molecule has 72 valence electrons. The van der Waals surface area contributed by atoms with E-state index in [2.05, 4.69) is 25.5 Å². The number of rotatable bonds is 2. The maximum atomic E-state index is 8.89. The van der Waals surface area contributed by atoms with Crippen molar-refractivity contribution in [3.8, 4) is 5.82 Å². The van der Waals surface area contributed by atoms with E-state index in [1.54, 1.807) is 6.92 Å². The van der Waals surface area contributed by atoms with Crippen LogP contribution in [0.3, 0.4) is 0 Å². The van der Waals surface area contributed by atoms with Gasteiger partial charge >= 0.3 is 0 Å². The highest BCUT2D eigenvalue weighted by atomic mass is 16.3. The van der Waals surface area contributed by atoms with Crippen LogP contribution >= 0.6 is 0 Å². The van der Waals surface area contributed by atoms with E-state index in [1.165, 1.54) is 17.2 Å². The summed E-state index contributed by atoms with van der Waals surface area (Å²) in [6.45, 7) is 1.65. The van der Waals surface area contributed by atoms with Gasteiger partial charge < -0.3 is 5.11 Å². The second-order valence-corrected chi connectivity index (χ2v) is 2.67. The molecule has 0 unspecified atom stereocenters. The Balaban J connectivity index is 2.43. The minimum Gasteiger partial charge on any atom is -0.390 e. The highest BCUT2D eigenvalue weighted by Crippen LogP contribution is 2.04. The molecule has 0 radical (unpaired) electrons. The van der Waals surface area contributed by atoms with E-state index in [4.69, 9.17) is 5.11 Å². The number of tetrazole rings is 1. The van der Waals surface area contributed by atoms with Crippen molar-refractivity contribution in [3.05, 3.63) is 23.9 Å². The van der Waals surface area contributed by atoms with Crippen molar-refractivity contribution in [1.82, 2.24) is 30.2 Å². The summed E-state index contributed by atoms with van der Waals surface area (Å²) in [5, 5.41) is 19.5. The Morgan fingerprint density at radius 2 is 2.36 bits per heavy atom. The van der Waals surface area contributed by atoms with Crippen LogP contribution in [0.5, 0.6) is 0 Å². The maximum absolute atomic E-state index is 8.89. The average Bonchev–Trinajstić information content (AvgIpc) is 2.70. The van der Waals surface area contributed by atoms with Crippen LogP contribution in [0.25, 0.3) is 5.82 Å². The lowest BCUT2D eigenvalue weighted by Gasteiger charge is -2.02. The van der Waals surface area contributed by atoms with Crippen molar-refractivity contribution in [3.63, 3.8) is 0 Å². The van der Waals surface area contributed by atoms with Gasteiger partial charge in [0.05, 0.1) is 24.2 Å². The first-order chi connectivity index (χ1) is 6.81. The molecule has 0 aromatic carbocycles. The molecule has 2 aromatic rings. The second-order valence-electron chi connectivity index (χ2n) is 2.67. The smallest absolute Gasteiger partial charge is 0.175 e. The minimum atomic E-state index is -0.116. The molecule has 1 N–H and O–H groups in total. The average molecular weight is 192 g/mol. The van der Waals surface area contributed by atoms with Crippen molar-refractivity contribution >= 4 is 0 Å². The van der Waals surface area contributed by atoms with Crippen molar-refractivity contribution in [2.24, 2.45) is 0 Å². The van der Waals surface area contributed by atoms with Gasteiger partial charge in [-0.05, 0) is 17.4 Å². The summed E-state index contributed by atoms with van der Waals surface area (Å²) >= 11 is 0. The van der Waals surface area contributed by atoms with E-state index in [1.807, 2.05) is 0 Å². The lowest BCUT2D eigenvalue weighted by Crippen LogP contribution is -2.04. The Morgan fingerprint density at radius 3 is 2.93 bits per heavy atom. The summed E-state index contributed by atoms with van der Waals surface area (Å²) in [7, 11) is 0. The van der Waals surface area contributed by atoms with Crippen LogP contribution in [-0.2, 0) is 6.61 Å². The largest absolute Gasteiger partial charge is 0.390 e. The van der Waals surface area contributed by atoms with Crippen molar-refractivity contribution in [1.29, 1.82) is 0 Å². The number of aliphatic hydroxyl groups is 1. The molecule has 0 fully saturated rings. The molecule has 0 aliphatic carbocycles. The minimum absolute atomic E-state index is 0.116. The fraction of sp³-hybridized carbons (Fsp3) is 0.286. The van der Waals surface area contributed by atoms with Crippen LogP contribution in [0, 0.1) is 6.92 Å². The molecule has 7 nitrogen and oxygen atoms in total. The van der Waals surface area contributed by atoms with E-state index >= 15 is 0 Å². The normalized spacial score (nSPS) is 10.4. The van der Waals surface area contributed by atoms with E-state index < -0.39 is 0 Å². The molecule has 0 atom stereocenters. The van der Waals surface area contributed by atoms with Gasteiger partial charge in [0, 0.05) is 0 Å². The Labute approximate surface area is 79.4 Å². The van der Waals surface area contributed by atoms with Crippen LogP contribution in [0.2, 0.25) is 0 Å². The Bertz CT molecular complexity index is 426. The van der Waals surface area contributed by atoms with Crippen LogP contribution in [0.15, 0.2) is 12.5 Å². The third-order valence-electron chi connectivity index (χ3n) is 1.77. The van der Waals surface area contributed by atoms with Gasteiger partial charge in [-0.15, -0.1) is 5.10 Å². The van der Waals surface area contributed by atoms with Gasteiger partial charge in [-0.1, -0.05) is 0 Å². The van der Waals surface area contributed by atoms with Crippen molar-refractivity contribution in [2.45, 2.75) is 13.5 Å². The van der Waals surface area contributed by atoms with Gasteiger partial charge in [0.2, 0.25) is 0 Å². The SMILES string of the molecule is Cc1nc(-n2cnnn2)cnc1CO. The zero-order valence-electron chi connectivity index (χ0n) is 7.49. The number of hydrogen-bond acceptors (Lipinski definition) is 6. The quantitative estimate of drug-likeness (QED) is 0.673. The third kappa shape index (κ3) is 1.44. The Morgan fingerprint density at radius 1 is 1.50 bits per heavy atom. The number of aryl methyl sites for hydroxylation is 1. The van der Waals surface area contributed by atoms with Crippen molar-refractivity contribution in [2.75, 3.05) is 0 Å². The number of nitrogens with zero attached hydrogens (tertiary/aromatic N) is 6. The molecule has 14 heavy (non-hydrogen) atoms. The lowest BCUT2D eigenvalue weighted by atomic mass is 10.3. The Hall–Kier alpha value is -1.89. The number of aromatic nitrogens is 6. The van der Waals surface area contributed by atoms with Crippen LogP contribution in [0.4, 0.5) is 0 Å². The van der Waals surface area contributed by atoms with Crippen LogP contribution in [-0.4, -0.2) is 35.3 Å². The van der Waals surface area contributed by atoms with E-state index in [9.17, 15) is 0 Å². The van der Waals surface area contributed by atoms with E-state index in [-0.39, 0.29) is 6.61 Å². The third-order valence-corrected chi connectivity index (χ3v) is 1.77. The summed E-state index contributed by atoms with van der Waals surface area (Å²) in [6.07, 6.45) is 2.94. The molecule has 0 saturated carbocycles. The topological polar surface area (TPSA) is 89.6 Å². The predicted octanol–water partition coefficient (Wildman–Crippen LogP) is -0.747. The molecule has 0 saturated heterocycles. The zero-order chi connectivity index (χ0) is 9.97. The van der Waals surface area contributed by atoms with Gasteiger partial charge in [0.1, 0.15) is 6.33 Å². The summed E-state index contributed by atoms with van der Waals surface area (Å²) < 4.78 is 1.40. The highest BCUT2D eigenvalue weighted by molar-refractivity contribution is 5.20. The van der Waals surface area contributed by atoms with Gasteiger partial charge in [-0.2, -0.15) is 4.68 Å². The molecule has 0 amide bonds. The summed E-state index contributed by atoms with van der Waals surface area (Å²) in [5.74, 6) is 0.532. The molecular weight excluding hydrogens is 184 g/mol. The molecule has 2 rings (SSSR count). The standard InChI is InChI=1S/C7H8N6O/c1-5-6(3-14)8-2-7(10-5)13-4-9-11-12-13/h2,4,14H,3H2,1H3. The van der Waals surface area contributed by atoms with Crippen LogP contribution < -0.4 is 0 Å². The second kappa shape index (κ2) is 3.46. The number of aliphatic hydroxyl groups excluding tert-OH is 1. The monoisotopic (exact) mass is 192 g/mol. The van der Waals surface area contributed by atoms with E-state index in [0.29, 0.717) is 17.2 Å². The first kappa shape index (κ1) is 8.70. The first-order valence-electron chi connectivity index (χ1n) is 3.98. The van der Waals surface area contributed by atoms with Gasteiger partial charge in [0.25, 0.3) is 0 Å². The molecular formula is C7H8N6O. The summed E-state index contributed by atoms with van der Waals surface area (Å²) in [4.78, 5) is 8.21. The molecule has 2 heterocycles. The molecule has 0 aliphatic rings. The fourth-order valence-electron chi connectivity index (χ4n) is 1.03. The zero-order valence-corrected chi connectivity index (χ0v) is 7.49. The highest BCUT2D eigenvalue weighted by Gasteiger charge is 2.04. The van der Waals surface area contributed by atoms with E-state index in [0.717, 1.165) is 0 Å². The lowest BCUT2D eigenvalue weighted by molar-refractivity contribution is 0.275.